The van der Waals surface area contributed by atoms with Crippen LogP contribution in [0.3, 0.4) is 0 Å². The molecule has 3 aromatic rings. The van der Waals surface area contributed by atoms with Gasteiger partial charge in [-0.3, -0.25) is 19.5 Å². The van der Waals surface area contributed by atoms with Gasteiger partial charge >= 0.3 is 0 Å². The van der Waals surface area contributed by atoms with Gasteiger partial charge in [0.25, 0.3) is 11.1 Å². The molecule has 0 spiro atoms. The van der Waals surface area contributed by atoms with E-state index in [2.05, 4.69) is 10.3 Å². The highest BCUT2D eigenvalue weighted by atomic mass is 32.2. The van der Waals surface area contributed by atoms with Crippen molar-refractivity contribution in [2.24, 2.45) is 0 Å². The first kappa shape index (κ1) is 13.8. The molecule has 0 atom stereocenters. The molecule has 6 heteroatoms. The number of thioether (sulfide) groups is 1. The Hall–Kier alpha value is -2.86. The molecule has 1 aromatic heterocycles. The minimum atomic E-state index is -0.343. The van der Waals surface area contributed by atoms with Gasteiger partial charge in [-0.2, -0.15) is 0 Å². The zero-order valence-corrected chi connectivity index (χ0v) is 12.7. The second-order valence-corrected chi connectivity index (χ2v) is 6.06. The average molecular weight is 321 g/mol. The third kappa shape index (κ3) is 2.53. The number of nitrogens with zero attached hydrogens (tertiary/aromatic N) is 2. The van der Waals surface area contributed by atoms with Gasteiger partial charge in [-0.05, 0) is 47.7 Å². The second-order valence-electron chi connectivity index (χ2n) is 5.05. The maximum Gasteiger partial charge on any atom is 0.290 e. The van der Waals surface area contributed by atoms with Crippen molar-refractivity contribution >= 4 is 40.0 Å². The van der Waals surface area contributed by atoms with Crippen molar-refractivity contribution in [3.8, 4) is 5.69 Å². The van der Waals surface area contributed by atoms with E-state index in [0.29, 0.717) is 4.91 Å². The molecule has 4 rings (SSSR count). The van der Waals surface area contributed by atoms with Crippen molar-refractivity contribution < 1.29 is 9.59 Å². The summed E-state index contributed by atoms with van der Waals surface area (Å²) >= 11 is 0.919. The van der Waals surface area contributed by atoms with Crippen molar-refractivity contribution in [1.29, 1.82) is 0 Å². The molecule has 1 aliphatic rings. The van der Waals surface area contributed by atoms with Crippen molar-refractivity contribution in [2.75, 3.05) is 0 Å². The van der Waals surface area contributed by atoms with E-state index in [9.17, 15) is 9.59 Å². The zero-order valence-electron chi connectivity index (χ0n) is 11.9. The summed E-state index contributed by atoms with van der Waals surface area (Å²) in [5.41, 5.74) is 3.83. The highest BCUT2D eigenvalue weighted by molar-refractivity contribution is 8.18. The van der Waals surface area contributed by atoms with Crippen LogP contribution in [0.15, 0.2) is 59.8 Å². The molecule has 2 aromatic carbocycles. The van der Waals surface area contributed by atoms with E-state index in [1.165, 1.54) is 0 Å². The Kier molecular flexibility index (Phi) is 3.24. The highest BCUT2D eigenvalue weighted by Crippen LogP contribution is 2.26. The number of aromatic nitrogens is 2. The predicted molar refractivity (Wildman–Crippen MR) is 90.2 cm³/mol. The van der Waals surface area contributed by atoms with Crippen LogP contribution in [0.2, 0.25) is 0 Å². The van der Waals surface area contributed by atoms with Gasteiger partial charge in [0, 0.05) is 5.69 Å². The molecule has 0 bridgehead atoms. The molecule has 1 saturated heterocycles. The predicted octanol–water partition coefficient (Wildman–Crippen LogP) is 3.35. The third-order valence-electron chi connectivity index (χ3n) is 3.56. The minimum absolute atomic E-state index is 0.331. The number of carbonyl (C=O) groups excluding carboxylic acids is 2. The van der Waals surface area contributed by atoms with E-state index in [1.807, 2.05) is 53.1 Å². The Morgan fingerprint density at radius 2 is 1.83 bits per heavy atom. The Labute approximate surface area is 136 Å². The lowest BCUT2D eigenvalue weighted by Crippen LogP contribution is -2.17. The summed E-state index contributed by atoms with van der Waals surface area (Å²) in [5, 5.41) is 1.91. The number of benzene rings is 2. The SMILES string of the molecule is O=C1NC(=O)C(=Cc2ccc(-n3cnc4ccccc43)cc2)S1. The van der Waals surface area contributed by atoms with E-state index in [4.69, 9.17) is 0 Å². The van der Waals surface area contributed by atoms with Crippen LogP contribution in [0.4, 0.5) is 4.79 Å². The topological polar surface area (TPSA) is 64.0 Å². The second kappa shape index (κ2) is 5.40. The lowest BCUT2D eigenvalue weighted by atomic mass is 10.2. The Balaban J connectivity index is 1.67. The van der Waals surface area contributed by atoms with E-state index < -0.39 is 0 Å². The van der Waals surface area contributed by atoms with Gasteiger partial charge in [0.1, 0.15) is 6.33 Å². The number of para-hydroxylation sites is 2. The van der Waals surface area contributed by atoms with Gasteiger partial charge in [0.05, 0.1) is 15.9 Å². The number of rotatable bonds is 2. The first-order chi connectivity index (χ1) is 11.2. The number of imide groups is 1. The molecule has 5 nitrogen and oxygen atoms in total. The summed E-state index contributed by atoms with van der Waals surface area (Å²) in [6.45, 7) is 0. The van der Waals surface area contributed by atoms with Crippen LogP contribution >= 0.6 is 11.8 Å². The molecule has 0 unspecified atom stereocenters. The van der Waals surface area contributed by atoms with Gasteiger partial charge in [-0.25, -0.2) is 4.98 Å². The molecule has 112 valence electrons. The zero-order chi connectivity index (χ0) is 15.8. The number of hydrogen-bond donors (Lipinski definition) is 1. The summed E-state index contributed by atoms with van der Waals surface area (Å²) in [4.78, 5) is 27.5. The summed E-state index contributed by atoms with van der Waals surface area (Å²) in [5.74, 6) is -0.343. The number of imidazole rings is 1. The van der Waals surface area contributed by atoms with Gasteiger partial charge in [0.15, 0.2) is 0 Å². The summed E-state index contributed by atoms with van der Waals surface area (Å²) in [6, 6.07) is 15.7. The third-order valence-corrected chi connectivity index (χ3v) is 4.38. The smallest absolute Gasteiger partial charge is 0.290 e. The van der Waals surface area contributed by atoms with E-state index in [1.54, 1.807) is 12.4 Å². The molecular weight excluding hydrogens is 310 g/mol. The maximum atomic E-state index is 11.6. The van der Waals surface area contributed by atoms with Crippen molar-refractivity contribution in [1.82, 2.24) is 14.9 Å². The van der Waals surface area contributed by atoms with Gasteiger partial charge in [-0.15, -0.1) is 0 Å². The van der Waals surface area contributed by atoms with Crippen LogP contribution < -0.4 is 5.32 Å². The van der Waals surface area contributed by atoms with Crippen LogP contribution in [0.5, 0.6) is 0 Å². The molecule has 0 radical (unpaired) electrons. The molecular formula is C17H11N3O2S. The standard InChI is InChI=1S/C17H11N3O2S/c21-16-15(23-17(22)19-16)9-11-5-7-12(8-6-11)20-10-18-13-3-1-2-4-14(13)20/h1-10H,(H,19,21,22). The lowest BCUT2D eigenvalue weighted by molar-refractivity contribution is -0.115. The van der Waals surface area contributed by atoms with Crippen LogP contribution in [0.25, 0.3) is 22.8 Å². The Morgan fingerprint density at radius 1 is 1.04 bits per heavy atom. The Morgan fingerprint density at radius 3 is 2.57 bits per heavy atom. The minimum Gasteiger partial charge on any atom is -0.299 e. The Bertz CT molecular complexity index is 957. The first-order valence-corrected chi connectivity index (χ1v) is 7.80. The molecule has 0 saturated carbocycles. The first-order valence-electron chi connectivity index (χ1n) is 6.98. The van der Waals surface area contributed by atoms with Crippen molar-refractivity contribution in [3.63, 3.8) is 0 Å². The molecule has 0 aliphatic carbocycles. The summed E-state index contributed by atoms with van der Waals surface area (Å²) in [6.07, 6.45) is 3.50. The number of carbonyl (C=O) groups is 2. The normalized spacial score (nSPS) is 16.3. The van der Waals surface area contributed by atoms with Crippen molar-refractivity contribution in [2.45, 2.75) is 0 Å². The fourth-order valence-corrected chi connectivity index (χ4v) is 3.15. The van der Waals surface area contributed by atoms with Crippen LogP contribution in [0, 0.1) is 0 Å². The van der Waals surface area contributed by atoms with Gasteiger partial charge < -0.3 is 0 Å². The van der Waals surface area contributed by atoms with E-state index in [-0.39, 0.29) is 11.1 Å². The molecule has 1 N–H and O–H groups in total. The van der Waals surface area contributed by atoms with E-state index >= 15 is 0 Å². The van der Waals surface area contributed by atoms with E-state index in [0.717, 1.165) is 34.0 Å². The van der Waals surface area contributed by atoms with Gasteiger partial charge in [0.2, 0.25) is 0 Å². The highest BCUT2D eigenvalue weighted by Gasteiger charge is 2.24. The molecule has 23 heavy (non-hydrogen) atoms. The quantitative estimate of drug-likeness (QED) is 0.735. The van der Waals surface area contributed by atoms with Gasteiger partial charge in [-0.1, -0.05) is 24.3 Å². The summed E-state index contributed by atoms with van der Waals surface area (Å²) < 4.78 is 2.01. The molecule has 2 heterocycles. The summed E-state index contributed by atoms with van der Waals surface area (Å²) in [7, 11) is 0. The monoisotopic (exact) mass is 321 g/mol. The number of nitrogens with one attached hydrogen (secondary N) is 1. The number of amides is 2. The fraction of sp³-hybridized carbons (Fsp3) is 0. The number of fused-ring (bicyclic) bond motifs is 1. The molecule has 1 fully saturated rings. The van der Waals surface area contributed by atoms with Crippen molar-refractivity contribution in [3.05, 3.63) is 65.3 Å². The van der Waals surface area contributed by atoms with Crippen LogP contribution in [-0.2, 0) is 4.79 Å². The molecule has 1 aliphatic heterocycles. The number of hydrogen-bond acceptors (Lipinski definition) is 4. The fourth-order valence-electron chi connectivity index (χ4n) is 2.47. The van der Waals surface area contributed by atoms with Crippen LogP contribution in [0.1, 0.15) is 5.56 Å². The maximum absolute atomic E-state index is 11.6. The molecule has 2 amide bonds. The van der Waals surface area contributed by atoms with Crippen LogP contribution in [-0.4, -0.2) is 20.7 Å². The largest absolute Gasteiger partial charge is 0.299 e. The average Bonchev–Trinajstić information content (AvgIpc) is 3.12. The lowest BCUT2D eigenvalue weighted by Gasteiger charge is -2.04.